The Kier molecular flexibility index (Phi) is 3.33. The van der Waals surface area contributed by atoms with E-state index >= 15 is 0 Å². The molecule has 4 bridgehead atoms. The second-order valence-electron chi connectivity index (χ2n) is 8.41. The molecule has 1 aromatic rings. The van der Waals surface area contributed by atoms with Crippen molar-refractivity contribution in [1.29, 1.82) is 0 Å². The second-order valence-corrected chi connectivity index (χ2v) is 8.41. The van der Waals surface area contributed by atoms with Crippen molar-refractivity contribution < 1.29 is 0 Å². The number of pyridine rings is 1. The summed E-state index contributed by atoms with van der Waals surface area (Å²) in [6.07, 6.45) is 13.1. The SMILES string of the molecule is Cc1ccc(CC(N)CC23CC4CC(CC(C4)C2)C3)nc1. The molecule has 0 aliphatic heterocycles. The Balaban J connectivity index is 1.42. The van der Waals surface area contributed by atoms with E-state index in [1.54, 1.807) is 0 Å². The van der Waals surface area contributed by atoms with Crippen LogP contribution in [0.1, 0.15) is 56.2 Å². The third-order valence-corrected chi connectivity index (χ3v) is 6.30. The van der Waals surface area contributed by atoms with Gasteiger partial charge in [0.2, 0.25) is 0 Å². The van der Waals surface area contributed by atoms with E-state index < -0.39 is 0 Å². The Labute approximate surface area is 128 Å². The molecule has 1 heterocycles. The fraction of sp³-hybridized carbons (Fsp3) is 0.737. The molecular formula is C19H28N2. The minimum Gasteiger partial charge on any atom is -0.327 e. The zero-order valence-electron chi connectivity index (χ0n) is 13.2. The molecule has 2 nitrogen and oxygen atoms in total. The van der Waals surface area contributed by atoms with Gasteiger partial charge in [0.15, 0.2) is 0 Å². The van der Waals surface area contributed by atoms with Gasteiger partial charge in [-0.15, -0.1) is 0 Å². The molecule has 1 aromatic heterocycles. The molecule has 4 aliphatic rings. The molecule has 0 radical (unpaired) electrons. The fourth-order valence-corrected chi connectivity index (χ4v) is 6.06. The second kappa shape index (κ2) is 5.08. The average molecular weight is 284 g/mol. The number of aromatic nitrogens is 1. The molecule has 1 unspecified atom stereocenters. The van der Waals surface area contributed by atoms with Crippen molar-refractivity contribution in [3.63, 3.8) is 0 Å². The smallest absolute Gasteiger partial charge is 0.0419 e. The van der Waals surface area contributed by atoms with Crippen LogP contribution in [-0.4, -0.2) is 11.0 Å². The molecular weight excluding hydrogens is 256 g/mol. The number of hydrogen-bond acceptors (Lipinski definition) is 2. The summed E-state index contributed by atoms with van der Waals surface area (Å²) >= 11 is 0. The number of hydrogen-bond donors (Lipinski definition) is 1. The summed E-state index contributed by atoms with van der Waals surface area (Å²) in [7, 11) is 0. The molecule has 2 N–H and O–H groups in total. The largest absolute Gasteiger partial charge is 0.327 e. The Morgan fingerprint density at radius 1 is 1.14 bits per heavy atom. The normalized spacial score (nSPS) is 38.7. The van der Waals surface area contributed by atoms with Gasteiger partial charge < -0.3 is 5.73 Å². The Bertz CT molecular complexity index is 470. The van der Waals surface area contributed by atoms with Crippen molar-refractivity contribution in [2.45, 2.75) is 64.3 Å². The van der Waals surface area contributed by atoms with E-state index in [1.807, 2.05) is 6.20 Å². The maximum Gasteiger partial charge on any atom is 0.0419 e. The van der Waals surface area contributed by atoms with Crippen molar-refractivity contribution in [3.05, 3.63) is 29.6 Å². The van der Waals surface area contributed by atoms with Crippen molar-refractivity contribution in [2.24, 2.45) is 28.9 Å². The van der Waals surface area contributed by atoms with Crippen molar-refractivity contribution in [1.82, 2.24) is 4.98 Å². The molecule has 4 fully saturated rings. The molecule has 0 amide bonds. The highest BCUT2D eigenvalue weighted by molar-refractivity contribution is 5.13. The lowest BCUT2D eigenvalue weighted by molar-refractivity contribution is -0.0603. The van der Waals surface area contributed by atoms with Crippen LogP contribution < -0.4 is 5.73 Å². The van der Waals surface area contributed by atoms with Crippen LogP contribution in [0.5, 0.6) is 0 Å². The highest BCUT2D eigenvalue weighted by Gasteiger charge is 2.50. The maximum absolute atomic E-state index is 6.53. The van der Waals surface area contributed by atoms with Gasteiger partial charge in [-0.2, -0.15) is 0 Å². The third kappa shape index (κ3) is 2.75. The van der Waals surface area contributed by atoms with Crippen LogP contribution in [0.2, 0.25) is 0 Å². The van der Waals surface area contributed by atoms with Crippen molar-refractivity contribution >= 4 is 0 Å². The first-order valence-corrected chi connectivity index (χ1v) is 8.77. The molecule has 5 rings (SSSR count). The molecule has 0 saturated heterocycles. The average Bonchev–Trinajstić information content (AvgIpc) is 2.39. The summed E-state index contributed by atoms with van der Waals surface area (Å²) in [5.74, 6) is 3.09. The first-order valence-electron chi connectivity index (χ1n) is 8.77. The Morgan fingerprint density at radius 2 is 1.76 bits per heavy atom. The number of nitrogens with two attached hydrogens (primary N) is 1. The van der Waals surface area contributed by atoms with Crippen molar-refractivity contribution in [3.8, 4) is 0 Å². The fourth-order valence-electron chi connectivity index (χ4n) is 6.06. The molecule has 2 heteroatoms. The van der Waals surface area contributed by atoms with Crippen LogP contribution in [0.15, 0.2) is 18.3 Å². The van der Waals surface area contributed by atoms with Crippen LogP contribution in [-0.2, 0) is 6.42 Å². The van der Waals surface area contributed by atoms with Gasteiger partial charge in [-0.05, 0) is 86.7 Å². The summed E-state index contributed by atoms with van der Waals surface area (Å²) in [5, 5.41) is 0. The van der Waals surface area contributed by atoms with Gasteiger partial charge in [0.05, 0.1) is 0 Å². The molecule has 4 saturated carbocycles. The highest BCUT2D eigenvalue weighted by Crippen LogP contribution is 2.61. The van der Waals surface area contributed by atoms with Crippen LogP contribution in [0.4, 0.5) is 0 Å². The lowest BCUT2D eigenvalue weighted by Gasteiger charge is -2.57. The number of aryl methyl sites for hydroxylation is 1. The monoisotopic (exact) mass is 284 g/mol. The standard InChI is InChI=1S/C19H28N2/c1-13-2-3-18(21-12-13)7-17(20)11-19-8-14-4-15(9-19)6-16(5-14)10-19/h2-3,12,14-17H,4-11,20H2,1H3. The van der Waals surface area contributed by atoms with Gasteiger partial charge in [-0.25, -0.2) is 0 Å². The zero-order chi connectivity index (χ0) is 14.4. The Hall–Kier alpha value is -0.890. The van der Waals surface area contributed by atoms with E-state index in [0.29, 0.717) is 5.41 Å². The quantitative estimate of drug-likeness (QED) is 0.911. The van der Waals surface area contributed by atoms with Gasteiger partial charge in [-0.1, -0.05) is 6.07 Å². The Morgan fingerprint density at radius 3 is 2.29 bits per heavy atom. The number of rotatable bonds is 4. The van der Waals surface area contributed by atoms with Gasteiger partial charge in [-0.3, -0.25) is 4.98 Å². The van der Waals surface area contributed by atoms with Crippen LogP contribution in [0.25, 0.3) is 0 Å². The van der Waals surface area contributed by atoms with Crippen LogP contribution in [0.3, 0.4) is 0 Å². The van der Waals surface area contributed by atoms with Gasteiger partial charge in [0.1, 0.15) is 0 Å². The zero-order valence-corrected chi connectivity index (χ0v) is 13.2. The van der Waals surface area contributed by atoms with Crippen LogP contribution >= 0.6 is 0 Å². The summed E-state index contributed by atoms with van der Waals surface area (Å²) in [5.41, 5.74) is 9.52. The predicted molar refractivity (Wildman–Crippen MR) is 85.9 cm³/mol. The van der Waals surface area contributed by atoms with Gasteiger partial charge >= 0.3 is 0 Å². The van der Waals surface area contributed by atoms with Gasteiger partial charge in [0.25, 0.3) is 0 Å². The lowest BCUT2D eigenvalue weighted by atomic mass is 9.48. The van der Waals surface area contributed by atoms with Crippen LogP contribution in [0, 0.1) is 30.1 Å². The third-order valence-electron chi connectivity index (χ3n) is 6.30. The minimum atomic E-state index is 0.288. The van der Waals surface area contributed by atoms with E-state index in [1.165, 1.54) is 50.5 Å². The van der Waals surface area contributed by atoms with E-state index in [4.69, 9.17) is 5.73 Å². The molecule has 4 aliphatic carbocycles. The van der Waals surface area contributed by atoms with E-state index in [0.717, 1.165) is 29.9 Å². The predicted octanol–water partition coefficient (Wildman–Crippen LogP) is 3.87. The summed E-state index contributed by atoms with van der Waals surface area (Å²) in [6, 6.07) is 4.59. The lowest BCUT2D eigenvalue weighted by Crippen LogP contribution is -2.48. The topological polar surface area (TPSA) is 38.9 Å². The maximum atomic E-state index is 6.53. The molecule has 21 heavy (non-hydrogen) atoms. The molecule has 0 spiro atoms. The molecule has 1 atom stereocenters. The van der Waals surface area contributed by atoms with E-state index in [2.05, 4.69) is 24.0 Å². The number of nitrogens with zero attached hydrogens (tertiary/aromatic N) is 1. The van der Waals surface area contributed by atoms with E-state index in [-0.39, 0.29) is 6.04 Å². The first-order chi connectivity index (χ1) is 10.1. The minimum absolute atomic E-state index is 0.288. The summed E-state index contributed by atoms with van der Waals surface area (Å²) in [6.45, 7) is 2.09. The summed E-state index contributed by atoms with van der Waals surface area (Å²) in [4.78, 5) is 4.53. The molecule has 114 valence electrons. The first kappa shape index (κ1) is 13.8. The van der Waals surface area contributed by atoms with Gasteiger partial charge in [0, 0.05) is 24.4 Å². The van der Waals surface area contributed by atoms with E-state index in [9.17, 15) is 0 Å². The molecule has 0 aromatic carbocycles. The highest BCUT2D eigenvalue weighted by atomic mass is 14.7. The van der Waals surface area contributed by atoms with Crippen molar-refractivity contribution in [2.75, 3.05) is 0 Å². The summed E-state index contributed by atoms with van der Waals surface area (Å²) < 4.78 is 0.